The van der Waals surface area contributed by atoms with Crippen LogP contribution in [0.1, 0.15) is 33.3 Å². The molecule has 0 radical (unpaired) electrons. The minimum atomic E-state index is -0.606. The van der Waals surface area contributed by atoms with Gasteiger partial charge in [-0.15, -0.1) is 0 Å². The molecule has 0 unspecified atom stereocenters. The molecule has 0 spiro atoms. The topological polar surface area (TPSA) is 18.5 Å². The van der Waals surface area contributed by atoms with Gasteiger partial charge in [-0.05, 0) is 33.3 Å². The van der Waals surface area contributed by atoms with Crippen molar-refractivity contribution in [3.63, 3.8) is 0 Å². The minimum absolute atomic E-state index is 0.0509. The van der Waals surface area contributed by atoms with Crippen LogP contribution in [0.5, 0.6) is 0 Å². The molecular formula is C15H24O2Si. The van der Waals surface area contributed by atoms with Gasteiger partial charge in [0.2, 0.25) is 0 Å². The van der Waals surface area contributed by atoms with E-state index in [-0.39, 0.29) is 18.1 Å². The molecule has 0 aliphatic rings. The van der Waals surface area contributed by atoms with Crippen LogP contribution in [0.3, 0.4) is 0 Å². The molecule has 0 aromatic heterocycles. The molecule has 0 heterocycles. The van der Waals surface area contributed by atoms with Gasteiger partial charge in [-0.3, -0.25) is 0 Å². The summed E-state index contributed by atoms with van der Waals surface area (Å²) < 4.78 is 11.7. The monoisotopic (exact) mass is 264 g/mol. The summed E-state index contributed by atoms with van der Waals surface area (Å²) in [5, 5.41) is 1.35. The van der Waals surface area contributed by atoms with Crippen molar-refractivity contribution in [2.75, 3.05) is 0 Å². The van der Waals surface area contributed by atoms with E-state index in [1.54, 1.807) is 0 Å². The maximum absolute atomic E-state index is 5.85. The molecule has 0 aliphatic carbocycles. The van der Waals surface area contributed by atoms with Gasteiger partial charge in [0, 0.05) is 0 Å². The fraction of sp³-hybridized carbons (Fsp3) is 0.467. The SMILES string of the molecule is C=Cc1cccc([SiH2]C(OC(C)C)OC(C)C)c1. The molecule has 1 aromatic rings. The molecule has 1 rings (SSSR count). The van der Waals surface area contributed by atoms with Crippen molar-refractivity contribution in [1.82, 2.24) is 0 Å². The lowest BCUT2D eigenvalue weighted by molar-refractivity contribution is -0.133. The van der Waals surface area contributed by atoms with Gasteiger partial charge >= 0.3 is 0 Å². The summed E-state index contributed by atoms with van der Waals surface area (Å²) in [6.07, 6.45) is 2.27. The zero-order valence-corrected chi connectivity index (χ0v) is 13.3. The highest BCUT2D eigenvalue weighted by Gasteiger charge is 2.15. The quantitative estimate of drug-likeness (QED) is 0.555. The van der Waals surface area contributed by atoms with E-state index in [9.17, 15) is 0 Å². The van der Waals surface area contributed by atoms with Crippen LogP contribution >= 0.6 is 0 Å². The van der Waals surface area contributed by atoms with E-state index < -0.39 is 9.52 Å². The Morgan fingerprint density at radius 1 is 1.11 bits per heavy atom. The summed E-state index contributed by atoms with van der Waals surface area (Å²) in [7, 11) is -0.606. The van der Waals surface area contributed by atoms with Gasteiger partial charge in [0.25, 0.3) is 0 Å². The number of hydrogen-bond donors (Lipinski definition) is 0. The Balaban J connectivity index is 2.71. The smallest absolute Gasteiger partial charge is 0.140 e. The molecule has 0 atom stereocenters. The molecule has 0 bridgehead atoms. The van der Waals surface area contributed by atoms with Crippen molar-refractivity contribution >= 4 is 20.8 Å². The van der Waals surface area contributed by atoms with Crippen molar-refractivity contribution in [3.05, 3.63) is 36.4 Å². The van der Waals surface area contributed by atoms with Gasteiger partial charge < -0.3 is 9.47 Å². The average molecular weight is 264 g/mol. The van der Waals surface area contributed by atoms with Crippen molar-refractivity contribution in [2.24, 2.45) is 0 Å². The zero-order valence-electron chi connectivity index (χ0n) is 11.8. The first-order chi connectivity index (χ1) is 8.51. The second-order valence-electron chi connectivity index (χ2n) is 4.95. The van der Waals surface area contributed by atoms with Gasteiger partial charge in [0.1, 0.15) is 15.4 Å². The highest BCUT2D eigenvalue weighted by molar-refractivity contribution is 6.54. The largest absolute Gasteiger partial charge is 0.354 e. The van der Waals surface area contributed by atoms with Crippen LogP contribution in [0, 0.1) is 0 Å². The summed E-state index contributed by atoms with van der Waals surface area (Å²) in [6, 6.07) is 8.47. The van der Waals surface area contributed by atoms with Crippen LogP contribution in [-0.2, 0) is 9.47 Å². The summed E-state index contributed by atoms with van der Waals surface area (Å²) in [6.45, 7) is 12.0. The van der Waals surface area contributed by atoms with Gasteiger partial charge in [-0.2, -0.15) is 0 Å². The van der Waals surface area contributed by atoms with Gasteiger partial charge in [-0.25, -0.2) is 0 Å². The lowest BCUT2D eigenvalue weighted by Gasteiger charge is -2.23. The number of benzene rings is 1. The Hall–Kier alpha value is -0.903. The highest BCUT2D eigenvalue weighted by atomic mass is 28.2. The Kier molecular flexibility index (Phi) is 6.33. The summed E-state index contributed by atoms with van der Waals surface area (Å²) in [4.78, 5) is 0. The molecule has 100 valence electrons. The fourth-order valence-corrected chi connectivity index (χ4v) is 3.75. The minimum Gasteiger partial charge on any atom is -0.354 e. The molecule has 0 saturated heterocycles. The second-order valence-corrected chi connectivity index (χ2v) is 6.84. The third-order valence-electron chi connectivity index (χ3n) is 2.44. The Labute approximate surface area is 113 Å². The van der Waals surface area contributed by atoms with Crippen LogP contribution in [0.4, 0.5) is 0 Å². The maximum atomic E-state index is 5.85. The molecule has 2 nitrogen and oxygen atoms in total. The lowest BCUT2D eigenvalue weighted by atomic mass is 10.2. The maximum Gasteiger partial charge on any atom is 0.140 e. The average Bonchev–Trinajstić information content (AvgIpc) is 2.27. The predicted octanol–water partition coefficient (Wildman–Crippen LogP) is 2.26. The normalized spacial score (nSPS) is 12.2. The van der Waals surface area contributed by atoms with Crippen LogP contribution < -0.4 is 5.19 Å². The lowest BCUT2D eigenvalue weighted by Crippen LogP contribution is -2.36. The van der Waals surface area contributed by atoms with E-state index in [1.807, 2.05) is 33.8 Å². The number of hydrogen-bond acceptors (Lipinski definition) is 2. The van der Waals surface area contributed by atoms with Crippen molar-refractivity contribution in [1.29, 1.82) is 0 Å². The predicted molar refractivity (Wildman–Crippen MR) is 80.9 cm³/mol. The van der Waals surface area contributed by atoms with E-state index in [1.165, 1.54) is 5.19 Å². The van der Waals surface area contributed by atoms with Crippen LogP contribution in [0.25, 0.3) is 6.08 Å². The molecular weight excluding hydrogens is 240 g/mol. The molecule has 18 heavy (non-hydrogen) atoms. The van der Waals surface area contributed by atoms with Gasteiger partial charge in [0.05, 0.1) is 12.2 Å². The first-order valence-corrected chi connectivity index (χ1v) is 8.06. The van der Waals surface area contributed by atoms with E-state index in [2.05, 4.69) is 30.8 Å². The standard InChI is InChI=1S/C15H24O2Si/c1-6-13-8-7-9-14(10-13)18-15(16-11(2)3)17-12(4)5/h6-12,15H,1,18H2,2-5H3. The van der Waals surface area contributed by atoms with Crippen molar-refractivity contribution in [2.45, 2.75) is 45.8 Å². The molecule has 3 heteroatoms. The molecule has 0 saturated carbocycles. The van der Waals surface area contributed by atoms with Gasteiger partial charge in [0.15, 0.2) is 0 Å². The van der Waals surface area contributed by atoms with Crippen molar-refractivity contribution < 1.29 is 9.47 Å². The van der Waals surface area contributed by atoms with E-state index in [4.69, 9.17) is 9.47 Å². The van der Waals surface area contributed by atoms with Gasteiger partial charge in [-0.1, -0.05) is 42.1 Å². The number of rotatable bonds is 7. The molecule has 0 amide bonds. The third kappa shape index (κ3) is 5.62. The molecule has 0 aliphatic heterocycles. The summed E-state index contributed by atoms with van der Waals surface area (Å²) in [5.74, 6) is -0.0509. The summed E-state index contributed by atoms with van der Waals surface area (Å²) >= 11 is 0. The van der Waals surface area contributed by atoms with Crippen molar-refractivity contribution in [3.8, 4) is 0 Å². The van der Waals surface area contributed by atoms with E-state index in [0.717, 1.165) is 5.56 Å². The van der Waals surface area contributed by atoms with E-state index >= 15 is 0 Å². The second kappa shape index (κ2) is 7.51. The first kappa shape index (κ1) is 15.2. The Morgan fingerprint density at radius 3 is 2.22 bits per heavy atom. The fourth-order valence-electron chi connectivity index (χ4n) is 1.77. The Morgan fingerprint density at radius 2 is 1.72 bits per heavy atom. The summed E-state index contributed by atoms with van der Waals surface area (Å²) in [5.41, 5.74) is 1.16. The molecule has 0 fully saturated rings. The van der Waals surface area contributed by atoms with Crippen LogP contribution in [-0.4, -0.2) is 27.6 Å². The molecule has 1 aromatic carbocycles. The van der Waals surface area contributed by atoms with Crippen LogP contribution in [0.15, 0.2) is 30.8 Å². The first-order valence-electron chi connectivity index (χ1n) is 6.53. The Bertz CT molecular complexity index is 365. The van der Waals surface area contributed by atoms with E-state index in [0.29, 0.717) is 0 Å². The van der Waals surface area contributed by atoms with Crippen LogP contribution in [0.2, 0.25) is 0 Å². The highest BCUT2D eigenvalue weighted by Crippen LogP contribution is 2.04. The molecule has 0 N–H and O–H groups in total. The number of ether oxygens (including phenoxy) is 2. The third-order valence-corrected chi connectivity index (χ3v) is 4.07. The zero-order chi connectivity index (χ0) is 13.5.